The Hall–Kier alpha value is -4.09. The number of carbonyl (C=O) groups is 8. The van der Waals surface area contributed by atoms with Gasteiger partial charge in [-0.3, -0.25) is 43.4 Å². The average molecular weight is 607 g/mol. The van der Waals surface area contributed by atoms with Crippen molar-refractivity contribution in [3.63, 3.8) is 0 Å². The number of barbiturate groups is 1. The number of likely N-dealkylation sites (tertiary alicyclic amines) is 1. The minimum absolute atomic E-state index is 0.0137. The summed E-state index contributed by atoms with van der Waals surface area (Å²) in [5, 5.41) is 13.4. The molecule has 2 aliphatic rings. The van der Waals surface area contributed by atoms with Crippen molar-refractivity contribution in [1.29, 1.82) is 0 Å². The highest BCUT2D eigenvalue weighted by Crippen LogP contribution is 2.24. The number of ketones is 1. The van der Waals surface area contributed by atoms with Crippen LogP contribution in [0.15, 0.2) is 0 Å². The van der Waals surface area contributed by atoms with Crippen LogP contribution in [0.4, 0.5) is 18.0 Å². The molecule has 15 nitrogen and oxygen atoms in total. The molecule has 0 radical (unpaired) electrons. The summed E-state index contributed by atoms with van der Waals surface area (Å²) in [4.78, 5) is 101. The normalized spacial score (nSPS) is 21.1. The summed E-state index contributed by atoms with van der Waals surface area (Å²) in [5.41, 5.74) is 5.49. The van der Waals surface area contributed by atoms with Crippen LogP contribution >= 0.6 is 0 Å². The summed E-state index contributed by atoms with van der Waals surface area (Å²) in [5.74, 6) is -10.6. The van der Waals surface area contributed by atoms with Gasteiger partial charge < -0.3 is 26.4 Å². The van der Waals surface area contributed by atoms with Crippen molar-refractivity contribution < 1.29 is 56.6 Å². The van der Waals surface area contributed by atoms with E-state index in [4.69, 9.17) is 10.8 Å². The lowest BCUT2D eigenvalue weighted by molar-refractivity contribution is -0.175. The van der Waals surface area contributed by atoms with E-state index in [1.165, 1.54) is 27.7 Å². The van der Waals surface area contributed by atoms with Gasteiger partial charge in [0.15, 0.2) is 6.04 Å². The minimum atomic E-state index is -5.20. The molecule has 0 aliphatic carbocycles. The molecule has 0 spiro atoms. The van der Waals surface area contributed by atoms with Crippen LogP contribution in [-0.2, 0) is 33.6 Å². The Morgan fingerprint density at radius 1 is 0.929 bits per heavy atom. The van der Waals surface area contributed by atoms with Gasteiger partial charge in [-0.15, -0.1) is 0 Å². The Morgan fingerprint density at radius 3 is 1.93 bits per heavy atom. The van der Waals surface area contributed by atoms with Crippen molar-refractivity contribution in [2.45, 2.75) is 70.9 Å². The van der Waals surface area contributed by atoms with Crippen molar-refractivity contribution >= 4 is 47.3 Å². The first-order valence-corrected chi connectivity index (χ1v) is 12.9. The van der Waals surface area contributed by atoms with Crippen LogP contribution in [-0.4, -0.2) is 117 Å². The predicted octanol–water partition coefficient (Wildman–Crippen LogP) is -1.41. The number of nitrogens with zero attached hydrogens (tertiary/aromatic N) is 3. The Balaban J connectivity index is 2.19. The number of carboxylic acids is 1. The van der Waals surface area contributed by atoms with E-state index < -0.39 is 103 Å². The van der Waals surface area contributed by atoms with Crippen LogP contribution in [0.5, 0.6) is 0 Å². The van der Waals surface area contributed by atoms with E-state index in [9.17, 15) is 51.5 Å². The quantitative estimate of drug-likeness (QED) is 0.202. The van der Waals surface area contributed by atoms with E-state index in [0.29, 0.717) is 6.42 Å². The Labute approximate surface area is 237 Å². The molecule has 0 aromatic rings. The zero-order chi connectivity index (χ0) is 32.3. The summed E-state index contributed by atoms with van der Waals surface area (Å²) in [6, 6.07) is -7.80. The molecule has 2 fully saturated rings. The molecule has 234 valence electrons. The average Bonchev–Trinajstić information content (AvgIpc) is 3.38. The fourth-order valence-corrected chi connectivity index (χ4v) is 4.52. The van der Waals surface area contributed by atoms with Gasteiger partial charge in [0, 0.05) is 6.54 Å². The van der Waals surface area contributed by atoms with Gasteiger partial charge in [-0.05, 0) is 24.7 Å². The molecule has 42 heavy (non-hydrogen) atoms. The van der Waals surface area contributed by atoms with Crippen molar-refractivity contribution in [3.8, 4) is 0 Å². The number of carboxylic acid groups (broad SMARTS) is 1. The van der Waals surface area contributed by atoms with E-state index in [2.05, 4.69) is 10.6 Å². The Morgan fingerprint density at radius 2 is 1.45 bits per heavy atom. The molecule has 0 bridgehead atoms. The molecule has 0 saturated carbocycles. The Bertz CT molecular complexity index is 1160. The maximum Gasteiger partial charge on any atom is 0.452 e. The van der Waals surface area contributed by atoms with Gasteiger partial charge in [0.1, 0.15) is 25.2 Å². The predicted molar refractivity (Wildman–Crippen MR) is 134 cm³/mol. The number of carbonyl (C=O) groups excluding carboxylic acids is 7. The summed E-state index contributed by atoms with van der Waals surface area (Å²) < 4.78 is 39.1. The van der Waals surface area contributed by atoms with Gasteiger partial charge in [0.2, 0.25) is 17.7 Å². The molecule has 4 atom stereocenters. The molecule has 2 heterocycles. The number of hydrogen-bond acceptors (Lipinski definition) is 9. The van der Waals surface area contributed by atoms with Gasteiger partial charge in [0.05, 0.1) is 6.04 Å². The number of nitrogens with one attached hydrogen (secondary N) is 2. The number of Topliss-reactive ketones (excluding diaryl/α,β-unsaturated/α-hetero) is 1. The number of nitrogens with two attached hydrogens (primary N) is 1. The highest BCUT2D eigenvalue weighted by Gasteiger charge is 2.48. The van der Waals surface area contributed by atoms with E-state index in [1.807, 2.05) is 0 Å². The molecular weight excluding hydrogens is 573 g/mol. The van der Waals surface area contributed by atoms with Crippen molar-refractivity contribution in [2.24, 2.45) is 17.6 Å². The highest BCUT2D eigenvalue weighted by molar-refractivity contribution is 6.20. The lowest BCUT2D eigenvalue weighted by atomic mass is 9.98. The number of alkyl halides is 3. The molecule has 1 unspecified atom stereocenters. The summed E-state index contributed by atoms with van der Waals surface area (Å²) in [6.07, 6.45) is -4.83. The second-order valence-corrected chi connectivity index (χ2v) is 10.6. The first-order chi connectivity index (χ1) is 19.3. The van der Waals surface area contributed by atoms with Gasteiger partial charge in [0.25, 0.3) is 17.6 Å². The molecule has 2 aliphatic heterocycles. The SMILES string of the molecule is CC(C)[C@H](NC(=O)CN1C(=O)C(N)C(=O)N(CC(=O)O)C1=O)C(=O)N1CCC[C@H]1C(=O)N[C@H](C(=O)C(F)(F)F)C(C)C. The number of urea groups is 1. The van der Waals surface area contributed by atoms with Crippen LogP contribution in [0.3, 0.4) is 0 Å². The maximum atomic E-state index is 13.4. The van der Waals surface area contributed by atoms with Crippen LogP contribution in [0.1, 0.15) is 40.5 Å². The molecule has 0 aromatic carbocycles. The first kappa shape index (κ1) is 34.1. The summed E-state index contributed by atoms with van der Waals surface area (Å²) in [7, 11) is 0. The Kier molecular flexibility index (Phi) is 10.8. The van der Waals surface area contributed by atoms with Gasteiger partial charge in [-0.2, -0.15) is 13.2 Å². The second kappa shape index (κ2) is 13.3. The monoisotopic (exact) mass is 606 g/mol. The summed E-state index contributed by atoms with van der Waals surface area (Å²) in [6.45, 7) is 3.57. The maximum absolute atomic E-state index is 13.4. The van der Waals surface area contributed by atoms with Crippen LogP contribution in [0, 0.1) is 11.8 Å². The molecule has 5 N–H and O–H groups in total. The van der Waals surface area contributed by atoms with E-state index in [1.54, 1.807) is 0 Å². The van der Waals surface area contributed by atoms with Crippen LogP contribution in [0.25, 0.3) is 0 Å². The molecule has 18 heteroatoms. The molecule has 7 amide bonds. The first-order valence-electron chi connectivity index (χ1n) is 12.9. The van der Waals surface area contributed by atoms with Crippen LogP contribution < -0.4 is 16.4 Å². The van der Waals surface area contributed by atoms with Crippen LogP contribution in [0.2, 0.25) is 0 Å². The number of halogens is 3. The zero-order valence-electron chi connectivity index (χ0n) is 23.3. The number of amides is 7. The fourth-order valence-electron chi connectivity index (χ4n) is 4.52. The minimum Gasteiger partial charge on any atom is -0.480 e. The van der Waals surface area contributed by atoms with E-state index in [0.717, 1.165) is 4.90 Å². The van der Waals surface area contributed by atoms with E-state index in [-0.39, 0.29) is 22.8 Å². The van der Waals surface area contributed by atoms with E-state index >= 15 is 0 Å². The third kappa shape index (κ3) is 7.59. The van der Waals surface area contributed by atoms with Crippen molar-refractivity contribution in [1.82, 2.24) is 25.3 Å². The highest BCUT2D eigenvalue weighted by atomic mass is 19.4. The lowest BCUT2D eigenvalue weighted by Crippen LogP contribution is -2.67. The number of imide groups is 2. The number of aliphatic carboxylic acids is 1. The molecular formula is C24H33F3N6O9. The fraction of sp³-hybridized carbons (Fsp3) is 0.667. The molecule has 2 rings (SSSR count). The standard InChI is InChI=1S/C24H33F3N6O9/c1-10(2)16(18(37)24(25,26)27)30-19(38)12-6-5-7-31(12)22(41)17(11(3)4)29-13(34)8-32-20(39)15(28)21(40)33(23(32)42)9-14(35)36/h10-12,15-17H,5-9,28H2,1-4H3,(H,29,34)(H,30,38)(H,35,36)/t12-,15?,16-,17-/m0/s1. The zero-order valence-corrected chi connectivity index (χ0v) is 23.3. The van der Waals surface area contributed by atoms with Gasteiger partial charge >= 0.3 is 18.2 Å². The van der Waals surface area contributed by atoms with Gasteiger partial charge in [-0.25, -0.2) is 4.79 Å². The number of hydrogen-bond donors (Lipinski definition) is 4. The number of rotatable bonds is 11. The molecule has 0 aromatic heterocycles. The molecule has 2 saturated heterocycles. The second-order valence-electron chi connectivity index (χ2n) is 10.6. The van der Waals surface area contributed by atoms with Gasteiger partial charge in [-0.1, -0.05) is 27.7 Å². The third-order valence-electron chi connectivity index (χ3n) is 6.74. The smallest absolute Gasteiger partial charge is 0.452 e. The summed E-state index contributed by atoms with van der Waals surface area (Å²) >= 11 is 0. The van der Waals surface area contributed by atoms with Crippen molar-refractivity contribution in [2.75, 3.05) is 19.6 Å². The largest absolute Gasteiger partial charge is 0.480 e. The lowest BCUT2D eigenvalue weighted by Gasteiger charge is -2.35. The van der Waals surface area contributed by atoms with Crippen molar-refractivity contribution in [3.05, 3.63) is 0 Å². The topological polar surface area (TPSA) is 217 Å². The third-order valence-corrected chi connectivity index (χ3v) is 6.74.